The Kier molecular flexibility index (Phi) is 6.57. The molecular formula is C20H23NO4. The van der Waals surface area contributed by atoms with Gasteiger partial charge in [0.2, 0.25) is 0 Å². The molecule has 0 heterocycles. The van der Waals surface area contributed by atoms with Crippen LogP contribution in [0.1, 0.15) is 23.6 Å². The van der Waals surface area contributed by atoms with E-state index >= 15 is 0 Å². The molecule has 0 aromatic heterocycles. The number of methoxy groups -OCH3 is 1. The third-order valence-electron chi connectivity index (χ3n) is 3.90. The van der Waals surface area contributed by atoms with E-state index in [1.165, 1.54) is 0 Å². The number of hydrogen-bond donors (Lipinski definition) is 1. The lowest BCUT2D eigenvalue weighted by atomic mass is 10.1. The van der Waals surface area contributed by atoms with Gasteiger partial charge in [-0.05, 0) is 30.5 Å². The van der Waals surface area contributed by atoms with Gasteiger partial charge >= 0.3 is 5.97 Å². The Bertz CT molecular complexity index is 755. The Hall–Kier alpha value is -2.82. The first-order valence-corrected chi connectivity index (χ1v) is 8.21. The summed E-state index contributed by atoms with van der Waals surface area (Å²) in [6.07, 6.45) is 0.868. The van der Waals surface area contributed by atoms with Crippen molar-refractivity contribution < 1.29 is 19.1 Å². The fourth-order valence-corrected chi connectivity index (χ4v) is 2.58. The molecule has 0 radical (unpaired) electrons. The van der Waals surface area contributed by atoms with Crippen LogP contribution in [-0.4, -0.2) is 25.6 Å². The van der Waals surface area contributed by atoms with Crippen molar-refractivity contribution in [2.24, 2.45) is 0 Å². The highest BCUT2D eigenvalue weighted by molar-refractivity contribution is 5.94. The summed E-state index contributed by atoms with van der Waals surface area (Å²) in [4.78, 5) is 24.1. The highest BCUT2D eigenvalue weighted by Gasteiger charge is 2.13. The molecule has 1 amide bonds. The second-order valence-corrected chi connectivity index (χ2v) is 5.66. The van der Waals surface area contributed by atoms with E-state index in [0.29, 0.717) is 5.75 Å². The molecule has 0 atom stereocenters. The molecule has 0 saturated heterocycles. The number of hydrogen-bond acceptors (Lipinski definition) is 4. The summed E-state index contributed by atoms with van der Waals surface area (Å²) in [5.41, 5.74) is 3.54. The monoisotopic (exact) mass is 341 g/mol. The van der Waals surface area contributed by atoms with Gasteiger partial charge in [-0.15, -0.1) is 0 Å². The first kappa shape index (κ1) is 18.5. The Labute approximate surface area is 148 Å². The Morgan fingerprint density at radius 1 is 1.04 bits per heavy atom. The molecule has 5 heteroatoms. The van der Waals surface area contributed by atoms with Crippen molar-refractivity contribution in [1.29, 1.82) is 0 Å². The van der Waals surface area contributed by atoms with Crippen LogP contribution in [0.3, 0.4) is 0 Å². The molecular weight excluding hydrogens is 318 g/mol. The van der Waals surface area contributed by atoms with E-state index < -0.39 is 5.97 Å². The first-order valence-electron chi connectivity index (χ1n) is 8.21. The minimum atomic E-state index is -0.472. The molecule has 0 saturated carbocycles. The molecule has 2 rings (SSSR count). The number of carbonyl (C=O) groups is 2. The zero-order valence-electron chi connectivity index (χ0n) is 14.8. The minimum Gasteiger partial charge on any atom is -0.496 e. The van der Waals surface area contributed by atoms with E-state index in [4.69, 9.17) is 9.47 Å². The fraction of sp³-hybridized carbons (Fsp3) is 0.300. The van der Waals surface area contributed by atoms with Crippen molar-refractivity contribution in [3.63, 3.8) is 0 Å². The summed E-state index contributed by atoms with van der Waals surface area (Å²) >= 11 is 0. The fourth-order valence-electron chi connectivity index (χ4n) is 2.58. The quantitative estimate of drug-likeness (QED) is 0.785. The molecule has 0 fully saturated rings. The van der Waals surface area contributed by atoms with Crippen LogP contribution in [0.15, 0.2) is 42.5 Å². The maximum absolute atomic E-state index is 12.1. The molecule has 1 N–H and O–H groups in total. The van der Waals surface area contributed by atoms with Crippen molar-refractivity contribution >= 4 is 17.6 Å². The van der Waals surface area contributed by atoms with Crippen LogP contribution in [0.2, 0.25) is 0 Å². The normalized spacial score (nSPS) is 10.2. The Morgan fingerprint density at radius 3 is 2.48 bits per heavy atom. The lowest BCUT2D eigenvalue weighted by Crippen LogP contribution is -2.22. The maximum Gasteiger partial charge on any atom is 0.310 e. The molecule has 0 bridgehead atoms. The van der Waals surface area contributed by atoms with Gasteiger partial charge in [0.15, 0.2) is 6.61 Å². The Balaban J connectivity index is 1.91. The van der Waals surface area contributed by atoms with Crippen molar-refractivity contribution in [2.75, 3.05) is 19.0 Å². The van der Waals surface area contributed by atoms with Crippen LogP contribution >= 0.6 is 0 Å². The van der Waals surface area contributed by atoms with E-state index in [-0.39, 0.29) is 18.9 Å². The highest BCUT2D eigenvalue weighted by atomic mass is 16.5. The number of anilines is 1. The lowest BCUT2D eigenvalue weighted by Gasteiger charge is -2.13. The number of carbonyl (C=O) groups excluding carboxylic acids is 2. The topological polar surface area (TPSA) is 64.6 Å². The number of para-hydroxylation sites is 2. The van der Waals surface area contributed by atoms with E-state index in [0.717, 1.165) is 28.8 Å². The third kappa shape index (κ3) is 5.08. The lowest BCUT2D eigenvalue weighted by molar-refractivity contribution is -0.146. The van der Waals surface area contributed by atoms with Crippen molar-refractivity contribution in [2.45, 2.75) is 26.7 Å². The van der Waals surface area contributed by atoms with Gasteiger partial charge in [0, 0.05) is 11.3 Å². The number of esters is 1. The molecule has 2 aromatic rings. The largest absolute Gasteiger partial charge is 0.496 e. The molecule has 0 spiro atoms. The molecule has 5 nitrogen and oxygen atoms in total. The molecule has 0 aliphatic heterocycles. The second kappa shape index (κ2) is 8.87. The van der Waals surface area contributed by atoms with Crippen LogP contribution in [0.5, 0.6) is 5.75 Å². The predicted molar refractivity (Wildman–Crippen MR) is 96.8 cm³/mol. The average Bonchev–Trinajstić information content (AvgIpc) is 2.62. The molecule has 2 aromatic carbocycles. The summed E-state index contributed by atoms with van der Waals surface area (Å²) in [6.45, 7) is 3.64. The van der Waals surface area contributed by atoms with Gasteiger partial charge in [-0.25, -0.2) is 0 Å². The molecule has 0 aliphatic rings. The molecule has 0 aliphatic carbocycles. The summed E-state index contributed by atoms with van der Waals surface area (Å²) in [7, 11) is 1.55. The molecule has 0 unspecified atom stereocenters. The first-order chi connectivity index (χ1) is 12.0. The van der Waals surface area contributed by atoms with Crippen LogP contribution in [-0.2, 0) is 27.2 Å². The van der Waals surface area contributed by atoms with Gasteiger partial charge in [0.1, 0.15) is 5.75 Å². The smallest absolute Gasteiger partial charge is 0.310 e. The maximum atomic E-state index is 12.1. The van der Waals surface area contributed by atoms with Gasteiger partial charge < -0.3 is 14.8 Å². The zero-order valence-corrected chi connectivity index (χ0v) is 14.8. The average molecular weight is 341 g/mol. The van der Waals surface area contributed by atoms with E-state index in [9.17, 15) is 9.59 Å². The number of amides is 1. The van der Waals surface area contributed by atoms with Crippen molar-refractivity contribution in [1.82, 2.24) is 0 Å². The van der Waals surface area contributed by atoms with Gasteiger partial charge in [-0.1, -0.05) is 43.3 Å². The third-order valence-corrected chi connectivity index (χ3v) is 3.90. The minimum absolute atomic E-state index is 0.0574. The van der Waals surface area contributed by atoms with Gasteiger partial charge in [-0.2, -0.15) is 0 Å². The van der Waals surface area contributed by atoms with E-state index in [2.05, 4.69) is 5.32 Å². The van der Waals surface area contributed by atoms with Crippen molar-refractivity contribution in [3.8, 4) is 5.75 Å². The van der Waals surface area contributed by atoms with Gasteiger partial charge in [0.25, 0.3) is 5.91 Å². The zero-order chi connectivity index (χ0) is 18.2. The van der Waals surface area contributed by atoms with Crippen LogP contribution in [0, 0.1) is 6.92 Å². The summed E-state index contributed by atoms with van der Waals surface area (Å²) in [6, 6.07) is 13.1. The molecule has 25 heavy (non-hydrogen) atoms. The van der Waals surface area contributed by atoms with Gasteiger partial charge in [-0.3, -0.25) is 9.59 Å². The number of aryl methyl sites for hydroxylation is 2. The summed E-state index contributed by atoms with van der Waals surface area (Å²) < 4.78 is 10.3. The summed E-state index contributed by atoms with van der Waals surface area (Å²) in [5.74, 6) is -0.200. The Morgan fingerprint density at radius 2 is 1.76 bits per heavy atom. The highest BCUT2D eigenvalue weighted by Crippen LogP contribution is 2.21. The summed E-state index contributed by atoms with van der Waals surface area (Å²) in [5, 5.41) is 2.83. The standard InChI is InChI=1S/C20H23NO4/c1-4-15-10-7-8-14(2)20(15)21-18(22)13-25-19(23)12-16-9-5-6-11-17(16)24-3/h5-11H,4,12-13H2,1-3H3,(H,21,22). The number of nitrogens with one attached hydrogen (secondary N) is 1. The van der Waals surface area contributed by atoms with E-state index in [1.807, 2.05) is 44.2 Å². The van der Waals surface area contributed by atoms with Gasteiger partial charge in [0.05, 0.1) is 13.5 Å². The van der Waals surface area contributed by atoms with E-state index in [1.54, 1.807) is 19.2 Å². The number of rotatable bonds is 7. The number of benzene rings is 2. The van der Waals surface area contributed by atoms with Crippen LogP contribution in [0.25, 0.3) is 0 Å². The number of ether oxygens (including phenoxy) is 2. The SMILES string of the molecule is CCc1cccc(C)c1NC(=O)COC(=O)Cc1ccccc1OC. The molecule has 132 valence electrons. The second-order valence-electron chi connectivity index (χ2n) is 5.66. The van der Waals surface area contributed by atoms with Crippen molar-refractivity contribution in [3.05, 3.63) is 59.2 Å². The predicted octanol–water partition coefficient (Wildman–Crippen LogP) is 3.29. The van der Waals surface area contributed by atoms with Crippen LogP contribution < -0.4 is 10.1 Å². The van der Waals surface area contributed by atoms with Crippen LogP contribution in [0.4, 0.5) is 5.69 Å².